The minimum atomic E-state index is -2.07. The number of rotatable bonds is 16. The number of unbranched alkanes of at least 4 members (excludes halogenated alkanes) is 9. The number of hydrogen-bond acceptors (Lipinski definition) is 2. The Bertz CT molecular complexity index is 398. The van der Waals surface area contributed by atoms with E-state index in [9.17, 15) is 9.59 Å². The number of imide groups is 1. The van der Waals surface area contributed by atoms with Crippen molar-refractivity contribution in [3.63, 3.8) is 0 Å². The predicted molar refractivity (Wildman–Crippen MR) is 114 cm³/mol. The average Bonchev–Trinajstić information content (AvgIpc) is 2.98. The van der Waals surface area contributed by atoms with E-state index in [1.54, 1.807) is 4.57 Å². The number of nitrogens with zero attached hydrogens (tertiary/aromatic N) is 1. The lowest BCUT2D eigenvalue weighted by Gasteiger charge is -2.39. The molecule has 0 aromatic rings. The molecule has 0 N–H and O–H groups in total. The fourth-order valence-electron chi connectivity index (χ4n) is 4.22. The van der Waals surface area contributed by atoms with Crippen molar-refractivity contribution in [2.75, 3.05) is 0 Å². The molecule has 4 heteroatoms. The molecule has 0 aliphatic carbocycles. The summed E-state index contributed by atoms with van der Waals surface area (Å²) in [7, 11) is -2.07. The Morgan fingerprint density at radius 1 is 0.615 bits per heavy atom. The van der Waals surface area contributed by atoms with Crippen LogP contribution >= 0.6 is 0 Å². The van der Waals surface area contributed by atoms with E-state index < -0.39 is 8.24 Å². The smallest absolute Gasteiger partial charge is 0.245 e. The molecule has 1 heterocycles. The van der Waals surface area contributed by atoms with E-state index in [1.165, 1.54) is 89.2 Å². The van der Waals surface area contributed by atoms with Crippen molar-refractivity contribution in [3.8, 4) is 0 Å². The molecule has 1 aliphatic heterocycles. The Hall–Kier alpha value is -0.903. The van der Waals surface area contributed by atoms with Crippen LogP contribution < -0.4 is 0 Å². The first-order chi connectivity index (χ1) is 12.6. The van der Waals surface area contributed by atoms with E-state index in [2.05, 4.69) is 20.8 Å². The largest absolute Gasteiger partial charge is 0.304 e. The van der Waals surface area contributed by atoms with Gasteiger partial charge in [-0.2, -0.15) is 0 Å². The van der Waals surface area contributed by atoms with Crippen molar-refractivity contribution < 1.29 is 9.59 Å². The molecule has 1 rings (SSSR count). The first-order valence-corrected chi connectivity index (χ1v) is 13.7. The Balaban J connectivity index is 2.88. The first kappa shape index (κ1) is 23.1. The van der Waals surface area contributed by atoms with Gasteiger partial charge in [0.25, 0.3) is 0 Å². The Labute approximate surface area is 162 Å². The maximum absolute atomic E-state index is 12.6. The molecule has 2 amide bonds. The standard InChI is InChI=1S/C22H41NO2Si/c1-4-7-10-13-18-26(19-14-11-8-5-2,20-15-12-9-6-3)23-21(24)16-17-22(23)25/h16-17H,4-15,18-20H2,1-3H3. The molecule has 0 spiro atoms. The number of carbonyl (C=O) groups excluding carboxylic acids is 2. The highest BCUT2D eigenvalue weighted by Crippen LogP contribution is 2.34. The van der Waals surface area contributed by atoms with Crippen molar-refractivity contribution in [2.45, 2.75) is 116 Å². The first-order valence-electron chi connectivity index (χ1n) is 11.2. The van der Waals surface area contributed by atoms with Crippen LogP contribution in [0.4, 0.5) is 0 Å². The highest BCUT2D eigenvalue weighted by Gasteiger charge is 2.45. The normalized spacial score (nSPS) is 14.7. The van der Waals surface area contributed by atoms with Crippen LogP contribution in [0.3, 0.4) is 0 Å². The molecule has 0 atom stereocenters. The zero-order valence-electron chi connectivity index (χ0n) is 17.5. The minimum absolute atomic E-state index is 0.0249. The summed E-state index contributed by atoms with van der Waals surface area (Å²) in [4.78, 5) is 25.1. The average molecular weight is 380 g/mol. The van der Waals surface area contributed by atoms with Gasteiger partial charge >= 0.3 is 0 Å². The van der Waals surface area contributed by atoms with Crippen LogP contribution in [0.25, 0.3) is 0 Å². The van der Waals surface area contributed by atoms with Crippen LogP contribution in [0, 0.1) is 0 Å². The summed E-state index contributed by atoms with van der Waals surface area (Å²) in [6.45, 7) is 6.70. The second-order valence-corrected chi connectivity index (χ2v) is 12.4. The zero-order valence-corrected chi connectivity index (χ0v) is 18.5. The Morgan fingerprint density at radius 3 is 1.27 bits per heavy atom. The molecule has 1 aliphatic rings. The van der Waals surface area contributed by atoms with Gasteiger partial charge in [-0.3, -0.25) is 9.59 Å². The number of carbonyl (C=O) groups is 2. The van der Waals surface area contributed by atoms with Gasteiger partial charge in [-0.1, -0.05) is 97.8 Å². The second-order valence-electron chi connectivity index (χ2n) is 8.00. The van der Waals surface area contributed by atoms with Crippen LogP contribution in [-0.2, 0) is 9.59 Å². The van der Waals surface area contributed by atoms with Crippen LogP contribution in [0.2, 0.25) is 18.1 Å². The molecule has 3 nitrogen and oxygen atoms in total. The lowest BCUT2D eigenvalue weighted by atomic mass is 10.2. The van der Waals surface area contributed by atoms with E-state index in [4.69, 9.17) is 0 Å². The van der Waals surface area contributed by atoms with Crippen LogP contribution in [0.5, 0.6) is 0 Å². The number of amides is 2. The van der Waals surface area contributed by atoms with Crippen LogP contribution in [0.15, 0.2) is 12.2 Å². The maximum atomic E-state index is 12.6. The summed E-state index contributed by atoms with van der Waals surface area (Å²) < 4.78 is 1.77. The van der Waals surface area contributed by atoms with Gasteiger partial charge in [0, 0.05) is 12.2 Å². The summed E-state index contributed by atoms with van der Waals surface area (Å²) in [5.74, 6) is -0.0497. The summed E-state index contributed by atoms with van der Waals surface area (Å²) in [5, 5.41) is 0. The van der Waals surface area contributed by atoms with E-state index in [0.29, 0.717) is 0 Å². The van der Waals surface area contributed by atoms with Gasteiger partial charge in [-0.25, -0.2) is 0 Å². The Morgan fingerprint density at radius 2 is 0.962 bits per heavy atom. The van der Waals surface area contributed by atoms with Gasteiger partial charge in [-0.15, -0.1) is 0 Å². The van der Waals surface area contributed by atoms with E-state index in [1.807, 2.05) is 0 Å². The third-order valence-corrected chi connectivity index (χ3v) is 11.0. The summed E-state index contributed by atoms with van der Waals surface area (Å²) in [6, 6.07) is 3.35. The lowest BCUT2D eigenvalue weighted by molar-refractivity contribution is -0.131. The van der Waals surface area contributed by atoms with Gasteiger partial charge in [0.15, 0.2) is 8.24 Å². The SMILES string of the molecule is CCCCCC[Si](CCCCCC)(CCCCCC)N1C(=O)C=CC1=O. The second kappa shape index (κ2) is 13.3. The molecule has 0 aromatic heterocycles. The summed E-state index contributed by atoms with van der Waals surface area (Å²) in [5.41, 5.74) is 0. The van der Waals surface area contributed by atoms with E-state index >= 15 is 0 Å². The predicted octanol–water partition coefficient (Wildman–Crippen LogP) is 6.60. The topological polar surface area (TPSA) is 37.4 Å². The quantitative estimate of drug-likeness (QED) is 0.172. The van der Waals surface area contributed by atoms with Gasteiger partial charge in [0.05, 0.1) is 0 Å². The van der Waals surface area contributed by atoms with E-state index in [0.717, 1.165) is 18.1 Å². The van der Waals surface area contributed by atoms with E-state index in [-0.39, 0.29) is 11.8 Å². The molecule has 0 saturated heterocycles. The van der Waals surface area contributed by atoms with Gasteiger partial charge < -0.3 is 4.57 Å². The fraction of sp³-hybridized carbons (Fsp3) is 0.818. The van der Waals surface area contributed by atoms with Crippen molar-refractivity contribution in [1.82, 2.24) is 4.57 Å². The third-order valence-electron chi connectivity index (χ3n) is 5.77. The maximum Gasteiger partial charge on any atom is 0.245 e. The molecule has 150 valence electrons. The zero-order chi connectivity index (χ0) is 19.3. The summed E-state index contributed by atoms with van der Waals surface area (Å²) in [6.07, 6.45) is 17.7. The molecule has 0 bridgehead atoms. The molecule has 0 fully saturated rings. The Kier molecular flexibility index (Phi) is 11.8. The molecule has 0 unspecified atom stereocenters. The molecule has 0 aromatic carbocycles. The molecular formula is C22H41NO2Si. The van der Waals surface area contributed by atoms with Crippen molar-refractivity contribution >= 4 is 20.0 Å². The highest BCUT2D eigenvalue weighted by atomic mass is 28.3. The van der Waals surface area contributed by atoms with Crippen molar-refractivity contribution in [3.05, 3.63) is 12.2 Å². The van der Waals surface area contributed by atoms with Crippen LogP contribution in [-0.4, -0.2) is 24.6 Å². The highest BCUT2D eigenvalue weighted by molar-refractivity contribution is 6.82. The van der Waals surface area contributed by atoms with Crippen molar-refractivity contribution in [2.24, 2.45) is 0 Å². The van der Waals surface area contributed by atoms with Crippen LogP contribution in [0.1, 0.15) is 97.8 Å². The van der Waals surface area contributed by atoms with Crippen molar-refractivity contribution in [1.29, 1.82) is 0 Å². The monoisotopic (exact) mass is 379 g/mol. The molecule has 0 saturated carbocycles. The number of hydrogen-bond donors (Lipinski definition) is 0. The van der Waals surface area contributed by atoms with Gasteiger partial charge in [0.1, 0.15) is 0 Å². The van der Waals surface area contributed by atoms with Gasteiger partial charge in [-0.05, 0) is 18.1 Å². The third kappa shape index (κ3) is 7.38. The molecule has 0 radical (unpaired) electrons. The minimum Gasteiger partial charge on any atom is -0.304 e. The molecular weight excluding hydrogens is 338 g/mol. The fourth-order valence-corrected chi connectivity index (χ4v) is 9.45. The van der Waals surface area contributed by atoms with Gasteiger partial charge in [0.2, 0.25) is 11.8 Å². The lowest BCUT2D eigenvalue weighted by Crippen LogP contribution is -2.56. The summed E-state index contributed by atoms with van der Waals surface area (Å²) >= 11 is 0. The molecule has 26 heavy (non-hydrogen) atoms.